The Morgan fingerprint density at radius 1 is 1.26 bits per heavy atom. The lowest BCUT2D eigenvalue weighted by Crippen LogP contribution is -2.12. The van der Waals surface area contributed by atoms with Gasteiger partial charge in [-0.15, -0.1) is 0 Å². The number of imidazole rings is 1. The first-order valence-corrected chi connectivity index (χ1v) is 9.99. The molecule has 0 aliphatic heterocycles. The Morgan fingerprint density at radius 2 is 2.11 bits per heavy atom. The van der Waals surface area contributed by atoms with Crippen molar-refractivity contribution in [3.8, 4) is 6.07 Å². The van der Waals surface area contributed by atoms with E-state index in [1.54, 1.807) is 5.57 Å². The van der Waals surface area contributed by atoms with Crippen LogP contribution in [0.5, 0.6) is 0 Å². The second-order valence-corrected chi connectivity index (χ2v) is 7.34. The van der Waals surface area contributed by atoms with E-state index >= 15 is 0 Å². The second kappa shape index (κ2) is 7.44. The summed E-state index contributed by atoms with van der Waals surface area (Å²) in [5.41, 5.74) is 7.25. The fraction of sp³-hybridized carbons (Fsp3) is 0.391. The van der Waals surface area contributed by atoms with Crippen LogP contribution in [-0.4, -0.2) is 15.9 Å². The zero-order valence-electron chi connectivity index (χ0n) is 16.2. The molecule has 138 valence electrons. The molecule has 0 spiro atoms. The minimum atomic E-state index is 0.684. The predicted octanol–water partition coefficient (Wildman–Crippen LogP) is 5.53. The lowest BCUT2D eigenvalue weighted by Gasteiger charge is -2.19. The molecule has 4 nitrogen and oxygen atoms in total. The molecule has 1 N–H and O–H groups in total. The molecule has 27 heavy (non-hydrogen) atoms. The van der Waals surface area contributed by atoms with E-state index in [9.17, 15) is 5.26 Å². The van der Waals surface area contributed by atoms with Gasteiger partial charge in [-0.05, 0) is 68.7 Å². The van der Waals surface area contributed by atoms with E-state index in [1.165, 1.54) is 31.2 Å². The summed E-state index contributed by atoms with van der Waals surface area (Å²) in [6.07, 6.45) is 9.48. The molecule has 0 atom stereocenters. The average molecular weight is 358 g/mol. The number of fused-ring (bicyclic) bond motifs is 3. The van der Waals surface area contributed by atoms with Gasteiger partial charge in [0, 0.05) is 6.54 Å². The Balaban J connectivity index is 1.82. The Hall–Kier alpha value is -2.80. The van der Waals surface area contributed by atoms with E-state index in [2.05, 4.69) is 34.9 Å². The van der Waals surface area contributed by atoms with Crippen molar-refractivity contribution >= 4 is 22.5 Å². The van der Waals surface area contributed by atoms with Gasteiger partial charge in [-0.2, -0.15) is 5.26 Å². The number of para-hydroxylation sites is 2. The highest BCUT2D eigenvalue weighted by Crippen LogP contribution is 2.31. The monoisotopic (exact) mass is 358 g/mol. The molecular formula is C23H26N4. The Kier molecular flexibility index (Phi) is 4.85. The summed E-state index contributed by atoms with van der Waals surface area (Å²) < 4.78 is 2.15. The Bertz CT molecular complexity index is 1070. The van der Waals surface area contributed by atoms with Gasteiger partial charge in [-0.25, -0.2) is 4.98 Å². The second-order valence-electron chi connectivity index (χ2n) is 7.34. The van der Waals surface area contributed by atoms with Gasteiger partial charge < -0.3 is 5.32 Å². The molecule has 4 heteroatoms. The topological polar surface area (TPSA) is 53.1 Å². The van der Waals surface area contributed by atoms with Gasteiger partial charge in [0.15, 0.2) is 5.65 Å². The molecule has 0 saturated carbocycles. The lowest BCUT2D eigenvalue weighted by atomic mass is 9.97. The quantitative estimate of drug-likeness (QED) is 0.610. The molecule has 1 aromatic carbocycles. The van der Waals surface area contributed by atoms with Crippen LogP contribution in [0.4, 0.5) is 5.82 Å². The van der Waals surface area contributed by atoms with Crippen LogP contribution in [-0.2, 0) is 6.42 Å². The van der Waals surface area contributed by atoms with Gasteiger partial charge in [0.25, 0.3) is 0 Å². The van der Waals surface area contributed by atoms with E-state index in [0.717, 1.165) is 47.4 Å². The summed E-state index contributed by atoms with van der Waals surface area (Å²) in [6.45, 7) is 5.11. The number of benzene rings is 1. The van der Waals surface area contributed by atoms with Crippen LogP contribution in [0.1, 0.15) is 55.7 Å². The maximum atomic E-state index is 9.77. The molecular weight excluding hydrogens is 332 g/mol. The third-order valence-corrected chi connectivity index (χ3v) is 5.71. The third kappa shape index (κ3) is 3.08. The zero-order valence-corrected chi connectivity index (χ0v) is 16.2. The SMILES string of the molecule is CCc1c(C)c(C#N)c2nc3ccccc3n2c1NCCC1=CCCCC1. The summed E-state index contributed by atoms with van der Waals surface area (Å²) in [6, 6.07) is 10.5. The van der Waals surface area contributed by atoms with Crippen LogP contribution in [0.3, 0.4) is 0 Å². The molecule has 2 heterocycles. The molecule has 0 saturated heterocycles. The van der Waals surface area contributed by atoms with E-state index in [-0.39, 0.29) is 0 Å². The number of allylic oxidation sites excluding steroid dienone is 1. The molecule has 0 unspecified atom stereocenters. The maximum absolute atomic E-state index is 9.77. The molecule has 4 rings (SSSR count). The first kappa shape index (κ1) is 17.6. The smallest absolute Gasteiger partial charge is 0.157 e. The number of pyridine rings is 1. The number of rotatable bonds is 5. The minimum absolute atomic E-state index is 0.684. The highest BCUT2D eigenvalue weighted by molar-refractivity contribution is 5.86. The van der Waals surface area contributed by atoms with E-state index < -0.39 is 0 Å². The highest BCUT2D eigenvalue weighted by atomic mass is 15.1. The van der Waals surface area contributed by atoms with Crippen molar-refractivity contribution in [2.75, 3.05) is 11.9 Å². The molecule has 0 fully saturated rings. The summed E-state index contributed by atoms with van der Waals surface area (Å²) >= 11 is 0. The summed E-state index contributed by atoms with van der Waals surface area (Å²) in [7, 11) is 0. The number of aromatic nitrogens is 2. The van der Waals surface area contributed by atoms with Crippen LogP contribution in [0.15, 0.2) is 35.9 Å². The van der Waals surface area contributed by atoms with Gasteiger partial charge in [-0.1, -0.05) is 30.7 Å². The highest BCUT2D eigenvalue weighted by Gasteiger charge is 2.19. The molecule has 1 aliphatic rings. The number of nitrogens with one attached hydrogen (secondary N) is 1. The van der Waals surface area contributed by atoms with Crippen molar-refractivity contribution in [1.29, 1.82) is 5.26 Å². The standard InChI is InChI=1S/C23H26N4/c1-3-18-16(2)19(15-24)23-26-20-11-7-8-12-21(20)27(23)22(18)25-14-13-17-9-5-4-6-10-17/h7-9,11-12,25H,3-6,10,13-14H2,1-2H3. The summed E-state index contributed by atoms with van der Waals surface area (Å²) in [5.74, 6) is 1.09. The minimum Gasteiger partial charge on any atom is -0.371 e. The number of anilines is 1. The number of hydrogen-bond acceptors (Lipinski definition) is 3. The van der Waals surface area contributed by atoms with Crippen LogP contribution in [0.25, 0.3) is 16.7 Å². The number of hydrogen-bond donors (Lipinski definition) is 1. The first-order valence-electron chi connectivity index (χ1n) is 9.99. The molecule has 0 bridgehead atoms. The third-order valence-electron chi connectivity index (χ3n) is 5.71. The van der Waals surface area contributed by atoms with E-state index in [1.807, 2.05) is 25.1 Å². The molecule has 2 aromatic heterocycles. The predicted molar refractivity (Wildman–Crippen MR) is 111 cm³/mol. The molecule has 1 aliphatic carbocycles. The summed E-state index contributed by atoms with van der Waals surface area (Å²) in [5, 5.41) is 13.5. The van der Waals surface area contributed by atoms with Crippen LogP contribution < -0.4 is 5.32 Å². The van der Waals surface area contributed by atoms with Crippen molar-refractivity contribution in [3.63, 3.8) is 0 Å². The van der Waals surface area contributed by atoms with Crippen molar-refractivity contribution in [2.24, 2.45) is 0 Å². The van der Waals surface area contributed by atoms with Gasteiger partial charge in [-0.3, -0.25) is 4.40 Å². The van der Waals surface area contributed by atoms with Crippen molar-refractivity contribution in [1.82, 2.24) is 9.38 Å². The number of nitrogens with zero attached hydrogens (tertiary/aromatic N) is 3. The van der Waals surface area contributed by atoms with Gasteiger partial charge in [0.05, 0.1) is 16.6 Å². The van der Waals surface area contributed by atoms with Gasteiger partial charge in [0.1, 0.15) is 11.9 Å². The molecule has 0 amide bonds. The maximum Gasteiger partial charge on any atom is 0.157 e. The van der Waals surface area contributed by atoms with Crippen molar-refractivity contribution in [3.05, 3.63) is 52.6 Å². The Morgan fingerprint density at radius 3 is 2.85 bits per heavy atom. The van der Waals surface area contributed by atoms with Crippen LogP contribution in [0, 0.1) is 18.3 Å². The Labute approximate surface area is 160 Å². The normalized spacial score (nSPS) is 14.3. The lowest BCUT2D eigenvalue weighted by molar-refractivity contribution is 0.679. The summed E-state index contributed by atoms with van der Waals surface area (Å²) in [4.78, 5) is 4.77. The average Bonchev–Trinajstić information content (AvgIpc) is 3.08. The van der Waals surface area contributed by atoms with Crippen molar-refractivity contribution in [2.45, 2.75) is 52.4 Å². The van der Waals surface area contributed by atoms with Crippen LogP contribution >= 0.6 is 0 Å². The largest absolute Gasteiger partial charge is 0.371 e. The fourth-order valence-corrected chi connectivity index (χ4v) is 4.28. The molecule has 0 radical (unpaired) electrons. The van der Waals surface area contributed by atoms with Crippen LogP contribution in [0.2, 0.25) is 0 Å². The first-order chi connectivity index (χ1) is 13.2. The van der Waals surface area contributed by atoms with Gasteiger partial charge >= 0.3 is 0 Å². The zero-order chi connectivity index (χ0) is 18.8. The van der Waals surface area contributed by atoms with E-state index in [4.69, 9.17) is 4.98 Å². The number of nitriles is 1. The molecule has 3 aromatic rings. The van der Waals surface area contributed by atoms with E-state index in [0.29, 0.717) is 5.56 Å². The fourth-order valence-electron chi connectivity index (χ4n) is 4.28. The van der Waals surface area contributed by atoms with Gasteiger partial charge in [0.2, 0.25) is 0 Å². The van der Waals surface area contributed by atoms with Crippen molar-refractivity contribution < 1.29 is 0 Å².